The van der Waals surface area contributed by atoms with Gasteiger partial charge in [0.05, 0.1) is 9.75 Å². The van der Waals surface area contributed by atoms with Crippen LogP contribution in [0.4, 0.5) is 0 Å². The summed E-state index contributed by atoms with van der Waals surface area (Å²) in [5, 5.41) is 12.4. The van der Waals surface area contributed by atoms with Gasteiger partial charge >= 0.3 is 0 Å². The van der Waals surface area contributed by atoms with E-state index in [0.717, 1.165) is 10.4 Å². The molecule has 21 heavy (non-hydrogen) atoms. The molecule has 0 aliphatic rings. The molecule has 0 atom stereocenters. The fourth-order valence-corrected chi connectivity index (χ4v) is 2.38. The Morgan fingerprint density at radius 3 is 2.62 bits per heavy atom. The summed E-state index contributed by atoms with van der Waals surface area (Å²) in [7, 11) is 0. The second-order valence-electron chi connectivity index (χ2n) is 5.14. The van der Waals surface area contributed by atoms with Crippen molar-refractivity contribution in [3.63, 3.8) is 0 Å². The van der Waals surface area contributed by atoms with Crippen molar-refractivity contribution in [2.24, 2.45) is 0 Å². The predicted octanol–water partition coefficient (Wildman–Crippen LogP) is 2.80. The summed E-state index contributed by atoms with van der Waals surface area (Å²) < 4.78 is 0. The quantitative estimate of drug-likeness (QED) is 0.856. The van der Waals surface area contributed by atoms with Gasteiger partial charge in [0.25, 0.3) is 5.91 Å². The van der Waals surface area contributed by atoms with Crippen LogP contribution in [-0.4, -0.2) is 16.6 Å². The number of hydrogen-bond acceptors (Lipinski definition) is 3. The van der Waals surface area contributed by atoms with Crippen molar-refractivity contribution in [3.8, 4) is 11.8 Å². The average Bonchev–Trinajstić information content (AvgIpc) is 2.92. The van der Waals surface area contributed by atoms with Crippen molar-refractivity contribution in [2.45, 2.75) is 26.0 Å². The van der Waals surface area contributed by atoms with Crippen molar-refractivity contribution in [1.29, 1.82) is 0 Å². The first-order chi connectivity index (χ1) is 9.94. The van der Waals surface area contributed by atoms with Gasteiger partial charge in [0.2, 0.25) is 0 Å². The van der Waals surface area contributed by atoms with Gasteiger partial charge in [0.1, 0.15) is 5.60 Å². The van der Waals surface area contributed by atoms with E-state index in [1.807, 2.05) is 30.3 Å². The van der Waals surface area contributed by atoms with Crippen molar-refractivity contribution in [3.05, 3.63) is 57.8 Å². The van der Waals surface area contributed by atoms with E-state index in [4.69, 9.17) is 0 Å². The number of amides is 1. The molecule has 0 spiro atoms. The third-order valence-corrected chi connectivity index (χ3v) is 3.62. The van der Waals surface area contributed by atoms with Gasteiger partial charge < -0.3 is 10.4 Å². The first kappa shape index (κ1) is 15.3. The van der Waals surface area contributed by atoms with E-state index in [1.54, 1.807) is 26.0 Å². The molecule has 1 amide bonds. The summed E-state index contributed by atoms with van der Waals surface area (Å²) in [5.74, 6) is 5.49. The molecule has 0 bridgehead atoms. The number of carbonyl (C=O) groups excluding carboxylic acids is 1. The van der Waals surface area contributed by atoms with Gasteiger partial charge in [-0.1, -0.05) is 42.2 Å². The first-order valence-electron chi connectivity index (χ1n) is 6.61. The number of hydrogen-bond donors (Lipinski definition) is 2. The van der Waals surface area contributed by atoms with Crippen LogP contribution in [0, 0.1) is 11.8 Å². The molecule has 0 saturated carbocycles. The van der Waals surface area contributed by atoms with E-state index in [-0.39, 0.29) is 5.91 Å². The maximum Gasteiger partial charge on any atom is 0.261 e. The zero-order chi connectivity index (χ0) is 15.3. The Hall–Kier alpha value is -2.09. The molecule has 1 aromatic heterocycles. The maximum atomic E-state index is 12.0. The molecule has 1 aromatic carbocycles. The minimum Gasteiger partial charge on any atom is -0.378 e. The van der Waals surface area contributed by atoms with Crippen LogP contribution in [0.25, 0.3) is 0 Å². The Morgan fingerprint density at radius 1 is 1.24 bits per heavy atom. The molecular weight excluding hydrogens is 282 g/mol. The van der Waals surface area contributed by atoms with E-state index in [1.165, 1.54) is 11.3 Å². The number of aliphatic hydroxyl groups is 1. The molecule has 0 aliphatic heterocycles. The van der Waals surface area contributed by atoms with E-state index in [0.29, 0.717) is 11.4 Å². The van der Waals surface area contributed by atoms with Crippen molar-refractivity contribution in [1.82, 2.24) is 5.32 Å². The molecule has 0 aliphatic carbocycles. The van der Waals surface area contributed by atoms with Crippen LogP contribution < -0.4 is 5.32 Å². The Balaban J connectivity index is 1.97. The number of carbonyl (C=O) groups is 1. The summed E-state index contributed by atoms with van der Waals surface area (Å²) in [6.07, 6.45) is 0. The van der Waals surface area contributed by atoms with Gasteiger partial charge in [-0.05, 0) is 31.5 Å². The van der Waals surface area contributed by atoms with E-state index in [2.05, 4.69) is 17.2 Å². The second-order valence-corrected chi connectivity index (χ2v) is 6.22. The van der Waals surface area contributed by atoms with Crippen LogP contribution in [-0.2, 0) is 6.54 Å². The van der Waals surface area contributed by atoms with Gasteiger partial charge in [0.15, 0.2) is 0 Å². The molecule has 1 heterocycles. The number of nitrogens with one attached hydrogen (secondary N) is 1. The van der Waals surface area contributed by atoms with Gasteiger partial charge in [-0.2, -0.15) is 0 Å². The fraction of sp³-hybridized carbons (Fsp3) is 0.235. The fourth-order valence-electron chi connectivity index (χ4n) is 1.61. The van der Waals surface area contributed by atoms with Crippen molar-refractivity contribution < 1.29 is 9.90 Å². The lowest BCUT2D eigenvalue weighted by atomic mass is 10.1. The molecular formula is C17H17NO2S. The van der Waals surface area contributed by atoms with Crippen molar-refractivity contribution in [2.75, 3.05) is 0 Å². The highest BCUT2D eigenvalue weighted by Crippen LogP contribution is 2.16. The molecule has 0 unspecified atom stereocenters. The number of rotatable bonds is 3. The molecule has 3 nitrogen and oxygen atoms in total. The van der Waals surface area contributed by atoms with Crippen LogP contribution in [0.15, 0.2) is 42.5 Å². The largest absolute Gasteiger partial charge is 0.378 e. The highest BCUT2D eigenvalue weighted by molar-refractivity contribution is 7.14. The van der Waals surface area contributed by atoms with E-state index >= 15 is 0 Å². The van der Waals surface area contributed by atoms with E-state index in [9.17, 15) is 9.90 Å². The van der Waals surface area contributed by atoms with Crippen LogP contribution in [0.1, 0.15) is 34.0 Å². The minimum atomic E-state index is -1.03. The Kier molecular flexibility index (Phi) is 4.79. The summed E-state index contributed by atoms with van der Waals surface area (Å²) in [6.45, 7) is 3.75. The van der Waals surface area contributed by atoms with Gasteiger partial charge in [-0.3, -0.25) is 4.79 Å². The summed E-state index contributed by atoms with van der Waals surface area (Å²) in [4.78, 5) is 13.4. The highest BCUT2D eigenvalue weighted by Gasteiger charge is 2.09. The monoisotopic (exact) mass is 299 g/mol. The molecule has 4 heteroatoms. The van der Waals surface area contributed by atoms with E-state index < -0.39 is 5.60 Å². The lowest BCUT2D eigenvalue weighted by Gasteiger charge is -2.05. The smallest absolute Gasteiger partial charge is 0.261 e. The topological polar surface area (TPSA) is 49.3 Å². The van der Waals surface area contributed by atoms with Crippen LogP contribution in [0.3, 0.4) is 0 Å². The molecule has 2 rings (SSSR count). The molecule has 0 fully saturated rings. The number of thiophene rings is 1. The Morgan fingerprint density at radius 2 is 1.95 bits per heavy atom. The molecule has 0 saturated heterocycles. The Labute approximate surface area is 128 Å². The molecule has 2 aromatic rings. The highest BCUT2D eigenvalue weighted by atomic mass is 32.1. The Bertz CT molecular complexity index is 672. The van der Waals surface area contributed by atoms with Crippen LogP contribution in [0.2, 0.25) is 0 Å². The molecule has 0 radical (unpaired) electrons. The normalized spacial score (nSPS) is 10.6. The predicted molar refractivity (Wildman–Crippen MR) is 85.1 cm³/mol. The first-order valence-corrected chi connectivity index (χ1v) is 7.43. The van der Waals surface area contributed by atoms with Crippen LogP contribution >= 0.6 is 11.3 Å². The van der Waals surface area contributed by atoms with Crippen LogP contribution in [0.5, 0.6) is 0 Å². The maximum absolute atomic E-state index is 12.0. The second kappa shape index (κ2) is 6.57. The third-order valence-electron chi connectivity index (χ3n) is 2.62. The van der Waals surface area contributed by atoms with Gasteiger partial charge in [-0.15, -0.1) is 11.3 Å². The lowest BCUT2D eigenvalue weighted by Crippen LogP contribution is -2.21. The molecule has 2 N–H and O–H groups in total. The van der Waals surface area contributed by atoms with Gasteiger partial charge in [0, 0.05) is 6.54 Å². The zero-order valence-corrected chi connectivity index (χ0v) is 12.8. The standard InChI is InChI=1S/C17H17NO2S/c1-17(2,20)11-10-14-8-9-15(21-14)16(19)18-12-13-6-4-3-5-7-13/h3-9,20H,12H2,1-2H3,(H,18,19). The summed E-state index contributed by atoms with van der Waals surface area (Å²) >= 11 is 1.32. The van der Waals surface area contributed by atoms with Crippen molar-refractivity contribution >= 4 is 17.2 Å². The summed E-state index contributed by atoms with van der Waals surface area (Å²) in [6, 6.07) is 13.3. The third kappa shape index (κ3) is 5.07. The zero-order valence-electron chi connectivity index (χ0n) is 12.0. The minimum absolute atomic E-state index is 0.111. The SMILES string of the molecule is CC(C)(O)C#Cc1ccc(C(=O)NCc2ccccc2)s1. The molecule has 108 valence electrons. The van der Waals surface area contributed by atoms with Gasteiger partial charge in [-0.25, -0.2) is 0 Å². The summed E-state index contributed by atoms with van der Waals surface area (Å²) in [5.41, 5.74) is 0.0316. The number of benzene rings is 1. The lowest BCUT2D eigenvalue weighted by molar-refractivity contribution is 0.0955. The average molecular weight is 299 g/mol.